The number of halogens is 2. The second-order valence-corrected chi connectivity index (χ2v) is 8.27. The highest BCUT2D eigenvalue weighted by Crippen LogP contribution is 2.27. The van der Waals surface area contributed by atoms with E-state index in [0.717, 1.165) is 36.6 Å². The predicted molar refractivity (Wildman–Crippen MR) is 115 cm³/mol. The van der Waals surface area contributed by atoms with Gasteiger partial charge in [-0.05, 0) is 49.2 Å². The molecule has 0 spiro atoms. The van der Waals surface area contributed by atoms with Crippen molar-refractivity contribution < 1.29 is 14.0 Å². The lowest BCUT2D eigenvalue weighted by molar-refractivity contribution is -0.137. The van der Waals surface area contributed by atoms with Crippen LogP contribution in [-0.4, -0.2) is 60.9 Å². The Bertz CT molecular complexity index is 913. The van der Waals surface area contributed by atoms with Crippen LogP contribution in [0.1, 0.15) is 23.2 Å². The SMILES string of the molecule is O=C(c1ccc(F)cc1)N1CCCC(C(=O)N2CCN(c3ccccc3Cl)CC2)C1. The van der Waals surface area contributed by atoms with Gasteiger partial charge in [-0.1, -0.05) is 23.7 Å². The molecule has 2 aliphatic heterocycles. The average molecular weight is 430 g/mol. The van der Waals surface area contributed by atoms with Crippen LogP contribution in [0.2, 0.25) is 5.02 Å². The van der Waals surface area contributed by atoms with Gasteiger partial charge in [0.2, 0.25) is 5.91 Å². The lowest BCUT2D eigenvalue weighted by Gasteiger charge is -2.40. The number of hydrogen-bond acceptors (Lipinski definition) is 3. The fourth-order valence-electron chi connectivity index (χ4n) is 4.27. The maximum absolute atomic E-state index is 13.1. The van der Waals surface area contributed by atoms with Gasteiger partial charge >= 0.3 is 0 Å². The summed E-state index contributed by atoms with van der Waals surface area (Å²) in [6.07, 6.45) is 1.58. The molecule has 2 aromatic rings. The molecule has 2 heterocycles. The van der Waals surface area contributed by atoms with E-state index in [9.17, 15) is 14.0 Å². The molecule has 0 bridgehead atoms. The Labute approximate surface area is 181 Å². The van der Waals surface area contributed by atoms with Crippen molar-refractivity contribution in [1.29, 1.82) is 0 Å². The smallest absolute Gasteiger partial charge is 0.253 e. The number of para-hydroxylation sites is 1. The van der Waals surface area contributed by atoms with Gasteiger partial charge in [0.1, 0.15) is 5.82 Å². The van der Waals surface area contributed by atoms with E-state index in [1.807, 2.05) is 29.2 Å². The Kier molecular flexibility index (Phi) is 6.23. The summed E-state index contributed by atoms with van der Waals surface area (Å²) in [6, 6.07) is 13.3. The minimum absolute atomic E-state index is 0.116. The minimum atomic E-state index is -0.366. The van der Waals surface area contributed by atoms with Gasteiger partial charge in [-0.15, -0.1) is 0 Å². The van der Waals surface area contributed by atoms with Gasteiger partial charge in [0.25, 0.3) is 5.91 Å². The van der Waals surface area contributed by atoms with Gasteiger partial charge in [-0.3, -0.25) is 9.59 Å². The maximum Gasteiger partial charge on any atom is 0.253 e. The zero-order valence-corrected chi connectivity index (χ0v) is 17.5. The van der Waals surface area contributed by atoms with Crippen molar-refractivity contribution in [2.75, 3.05) is 44.2 Å². The maximum atomic E-state index is 13.1. The number of rotatable bonds is 3. The highest BCUT2D eigenvalue weighted by Gasteiger charge is 2.33. The molecule has 0 radical (unpaired) electrons. The van der Waals surface area contributed by atoms with Gasteiger partial charge in [0, 0.05) is 44.8 Å². The minimum Gasteiger partial charge on any atom is -0.367 e. The summed E-state index contributed by atoms with van der Waals surface area (Å²) in [5.74, 6) is -0.578. The molecule has 5 nitrogen and oxygen atoms in total. The number of piperazine rings is 1. The molecule has 0 aromatic heterocycles. The Morgan fingerprint density at radius 2 is 1.60 bits per heavy atom. The molecule has 4 rings (SSSR count). The van der Waals surface area contributed by atoms with Crippen molar-refractivity contribution >= 4 is 29.1 Å². The lowest BCUT2D eigenvalue weighted by Crippen LogP contribution is -2.53. The summed E-state index contributed by atoms with van der Waals surface area (Å²) >= 11 is 6.30. The molecular formula is C23H25ClFN3O2. The van der Waals surface area contributed by atoms with Crippen molar-refractivity contribution in [2.45, 2.75) is 12.8 Å². The quantitative estimate of drug-likeness (QED) is 0.747. The fourth-order valence-corrected chi connectivity index (χ4v) is 4.53. The first-order valence-electron chi connectivity index (χ1n) is 10.4. The zero-order chi connectivity index (χ0) is 21.1. The van der Waals surface area contributed by atoms with E-state index in [-0.39, 0.29) is 23.5 Å². The highest BCUT2D eigenvalue weighted by molar-refractivity contribution is 6.33. The van der Waals surface area contributed by atoms with Crippen LogP contribution in [0.3, 0.4) is 0 Å². The molecule has 0 aliphatic carbocycles. The topological polar surface area (TPSA) is 43.9 Å². The Morgan fingerprint density at radius 1 is 0.900 bits per heavy atom. The van der Waals surface area contributed by atoms with Gasteiger partial charge in [0.05, 0.1) is 16.6 Å². The van der Waals surface area contributed by atoms with Crippen LogP contribution in [0, 0.1) is 11.7 Å². The predicted octanol–water partition coefficient (Wildman–Crippen LogP) is 3.68. The van der Waals surface area contributed by atoms with Crippen LogP contribution >= 0.6 is 11.6 Å². The summed E-state index contributed by atoms with van der Waals surface area (Å²) < 4.78 is 13.1. The molecule has 158 valence electrons. The van der Waals surface area contributed by atoms with E-state index < -0.39 is 0 Å². The molecule has 30 heavy (non-hydrogen) atoms. The van der Waals surface area contributed by atoms with Crippen LogP contribution < -0.4 is 4.90 Å². The third-order valence-electron chi connectivity index (χ3n) is 5.93. The number of nitrogens with zero attached hydrogens (tertiary/aromatic N) is 3. The van der Waals surface area contributed by atoms with Crippen LogP contribution in [0.25, 0.3) is 0 Å². The second-order valence-electron chi connectivity index (χ2n) is 7.86. The molecule has 2 amide bonds. The van der Waals surface area contributed by atoms with Crippen LogP contribution in [-0.2, 0) is 4.79 Å². The van der Waals surface area contributed by atoms with Crippen molar-refractivity contribution in [3.63, 3.8) is 0 Å². The molecule has 2 aromatic carbocycles. The highest BCUT2D eigenvalue weighted by atomic mass is 35.5. The first kappa shape index (κ1) is 20.7. The number of benzene rings is 2. The van der Waals surface area contributed by atoms with Crippen LogP contribution in [0.4, 0.5) is 10.1 Å². The van der Waals surface area contributed by atoms with E-state index in [0.29, 0.717) is 31.7 Å². The van der Waals surface area contributed by atoms with Crippen molar-refractivity contribution in [3.05, 3.63) is 64.9 Å². The van der Waals surface area contributed by atoms with E-state index in [2.05, 4.69) is 4.90 Å². The molecule has 2 saturated heterocycles. The van der Waals surface area contributed by atoms with Gasteiger partial charge in [-0.2, -0.15) is 0 Å². The summed E-state index contributed by atoms with van der Waals surface area (Å²) in [5.41, 5.74) is 1.46. The molecule has 2 fully saturated rings. The summed E-state index contributed by atoms with van der Waals surface area (Å²) in [5, 5.41) is 0.722. The number of carbonyl (C=O) groups is 2. The number of likely N-dealkylation sites (tertiary alicyclic amines) is 1. The van der Waals surface area contributed by atoms with Crippen molar-refractivity contribution in [1.82, 2.24) is 9.80 Å². The number of hydrogen-bond donors (Lipinski definition) is 0. The number of carbonyl (C=O) groups excluding carboxylic acids is 2. The molecule has 0 N–H and O–H groups in total. The first-order valence-corrected chi connectivity index (χ1v) is 10.7. The van der Waals surface area contributed by atoms with Crippen LogP contribution in [0.5, 0.6) is 0 Å². The molecule has 1 atom stereocenters. The molecule has 1 unspecified atom stereocenters. The number of anilines is 1. The molecule has 7 heteroatoms. The van der Waals surface area contributed by atoms with Gasteiger partial charge < -0.3 is 14.7 Å². The monoisotopic (exact) mass is 429 g/mol. The number of amides is 2. The summed E-state index contributed by atoms with van der Waals surface area (Å²) in [7, 11) is 0. The Morgan fingerprint density at radius 3 is 2.30 bits per heavy atom. The third kappa shape index (κ3) is 4.43. The standard InChI is InChI=1S/C23H25ClFN3O2/c24-20-5-1-2-6-21(20)26-12-14-27(15-13-26)23(30)18-4-3-11-28(16-18)22(29)17-7-9-19(25)10-8-17/h1-2,5-10,18H,3-4,11-16H2. The van der Waals surface area contributed by atoms with E-state index >= 15 is 0 Å². The first-order chi connectivity index (χ1) is 14.5. The molecule has 2 aliphatic rings. The Hall–Kier alpha value is -2.60. The largest absolute Gasteiger partial charge is 0.367 e. The molecular weight excluding hydrogens is 405 g/mol. The lowest BCUT2D eigenvalue weighted by atomic mass is 9.95. The second kappa shape index (κ2) is 9.04. The summed E-state index contributed by atoms with van der Waals surface area (Å²) in [6.45, 7) is 3.81. The van der Waals surface area contributed by atoms with Gasteiger partial charge in [-0.25, -0.2) is 4.39 Å². The van der Waals surface area contributed by atoms with Gasteiger partial charge in [0.15, 0.2) is 0 Å². The van der Waals surface area contributed by atoms with E-state index in [1.54, 1.807) is 4.90 Å². The average Bonchev–Trinajstić information content (AvgIpc) is 2.79. The van der Waals surface area contributed by atoms with Crippen molar-refractivity contribution in [2.24, 2.45) is 5.92 Å². The Balaban J connectivity index is 1.35. The van der Waals surface area contributed by atoms with E-state index in [1.165, 1.54) is 24.3 Å². The zero-order valence-electron chi connectivity index (χ0n) is 16.8. The normalized spacial score (nSPS) is 19.7. The fraction of sp³-hybridized carbons (Fsp3) is 0.391. The third-order valence-corrected chi connectivity index (χ3v) is 6.25. The molecule has 0 saturated carbocycles. The van der Waals surface area contributed by atoms with Crippen molar-refractivity contribution in [3.8, 4) is 0 Å². The summed E-state index contributed by atoms with van der Waals surface area (Å²) in [4.78, 5) is 31.7. The van der Waals surface area contributed by atoms with E-state index in [4.69, 9.17) is 11.6 Å². The van der Waals surface area contributed by atoms with Crippen LogP contribution in [0.15, 0.2) is 48.5 Å². The number of piperidine rings is 1.